The molecule has 202 valence electrons. The first-order valence-electron chi connectivity index (χ1n) is 11.6. The third kappa shape index (κ3) is 7.00. The number of carbonyl (C=O) groups is 2. The van der Waals surface area contributed by atoms with E-state index in [2.05, 4.69) is 15.0 Å². The highest BCUT2D eigenvalue weighted by Crippen LogP contribution is 2.36. The number of sulfonamides is 1. The molecule has 1 heterocycles. The van der Waals surface area contributed by atoms with E-state index in [1.165, 1.54) is 26.5 Å². The van der Waals surface area contributed by atoms with Gasteiger partial charge in [-0.2, -0.15) is 0 Å². The molecule has 0 aliphatic carbocycles. The Morgan fingerprint density at radius 3 is 2.11 bits per heavy atom. The Morgan fingerprint density at radius 2 is 1.55 bits per heavy atom. The van der Waals surface area contributed by atoms with Crippen LogP contribution in [0, 0.1) is 6.92 Å². The van der Waals surface area contributed by atoms with Crippen LogP contribution in [0.4, 0.5) is 11.4 Å². The third-order valence-electron chi connectivity index (χ3n) is 5.53. The van der Waals surface area contributed by atoms with Crippen LogP contribution < -0.4 is 24.2 Å². The monoisotopic (exact) mass is 541 g/mol. The normalized spacial score (nSPS) is 11.4. The second-order valence-electron chi connectivity index (χ2n) is 9.60. The summed E-state index contributed by atoms with van der Waals surface area (Å²) in [5.41, 5.74) is 1.36. The maximum absolute atomic E-state index is 13.4. The summed E-state index contributed by atoms with van der Waals surface area (Å²) in [5.74, 6) is -0.236. The number of nitrogens with zero attached hydrogens (tertiary/aromatic N) is 1. The van der Waals surface area contributed by atoms with Crippen LogP contribution in [0.1, 0.15) is 52.7 Å². The van der Waals surface area contributed by atoms with Crippen molar-refractivity contribution in [1.29, 1.82) is 0 Å². The van der Waals surface area contributed by atoms with E-state index in [0.29, 0.717) is 22.8 Å². The molecule has 38 heavy (non-hydrogen) atoms. The summed E-state index contributed by atoms with van der Waals surface area (Å²) < 4.78 is 42.3. The van der Waals surface area contributed by atoms with Gasteiger partial charge in [0.05, 0.1) is 54.9 Å². The average Bonchev–Trinajstić information content (AvgIpc) is 2.83. The predicted octanol–water partition coefficient (Wildman–Crippen LogP) is 4.55. The molecule has 1 amide bonds. The zero-order chi connectivity index (χ0) is 28.3. The van der Waals surface area contributed by atoms with Crippen molar-refractivity contribution in [2.75, 3.05) is 30.5 Å². The van der Waals surface area contributed by atoms with Crippen LogP contribution in [0.3, 0.4) is 0 Å². The molecular weight excluding hydrogens is 510 g/mol. The summed E-state index contributed by atoms with van der Waals surface area (Å²) in [6.07, 6.45) is 2.42. The van der Waals surface area contributed by atoms with Crippen LogP contribution in [0.2, 0.25) is 0 Å². The van der Waals surface area contributed by atoms with Crippen molar-refractivity contribution in [2.45, 2.75) is 33.1 Å². The molecule has 0 saturated carbocycles. The number of methoxy groups -OCH3 is 2. The third-order valence-corrected chi connectivity index (χ3v) is 6.12. The minimum Gasteiger partial charge on any atom is -0.497 e. The number of benzene rings is 2. The number of nitrogens with one attached hydrogen (secondary N) is 2. The number of anilines is 2. The van der Waals surface area contributed by atoms with Gasteiger partial charge in [-0.15, -0.1) is 0 Å². The zero-order valence-electron chi connectivity index (χ0n) is 22.3. The molecule has 3 rings (SSSR count). The molecule has 0 aliphatic heterocycles. The minimum absolute atomic E-state index is 0.0557. The first-order valence-corrected chi connectivity index (χ1v) is 13.5. The summed E-state index contributed by atoms with van der Waals surface area (Å²) in [6, 6.07) is 11.3. The van der Waals surface area contributed by atoms with Crippen molar-refractivity contribution < 1.29 is 32.2 Å². The number of esters is 1. The van der Waals surface area contributed by atoms with Crippen molar-refractivity contribution in [3.63, 3.8) is 0 Å². The van der Waals surface area contributed by atoms with Crippen molar-refractivity contribution in [3.05, 3.63) is 71.0 Å². The summed E-state index contributed by atoms with van der Waals surface area (Å²) in [5, 5.41) is 2.72. The van der Waals surface area contributed by atoms with Gasteiger partial charge in [0, 0.05) is 0 Å². The highest BCUT2D eigenvalue weighted by molar-refractivity contribution is 7.92. The highest BCUT2D eigenvalue weighted by atomic mass is 32.2. The van der Waals surface area contributed by atoms with Crippen LogP contribution in [0.5, 0.6) is 17.2 Å². The summed E-state index contributed by atoms with van der Waals surface area (Å²) >= 11 is 0. The zero-order valence-corrected chi connectivity index (χ0v) is 23.1. The van der Waals surface area contributed by atoms with E-state index in [-0.39, 0.29) is 28.3 Å². The van der Waals surface area contributed by atoms with Gasteiger partial charge in [-0.1, -0.05) is 20.8 Å². The van der Waals surface area contributed by atoms with E-state index in [0.717, 1.165) is 6.26 Å². The quantitative estimate of drug-likeness (QED) is 0.314. The molecule has 0 unspecified atom stereocenters. The summed E-state index contributed by atoms with van der Waals surface area (Å²) in [6.45, 7) is 7.46. The molecule has 0 spiro atoms. The topological polar surface area (TPSA) is 133 Å². The van der Waals surface area contributed by atoms with Crippen molar-refractivity contribution in [3.8, 4) is 17.2 Å². The van der Waals surface area contributed by atoms with E-state index < -0.39 is 27.3 Å². The number of hydrogen-bond donors (Lipinski definition) is 2. The largest absolute Gasteiger partial charge is 0.497 e. The predicted molar refractivity (Wildman–Crippen MR) is 145 cm³/mol. The fourth-order valence-electron chi connectivity index (χ4n) is 3.54. The standard InChI is InChI=1S/C27H31N3O7S/c1-16-21(26(32)37-20-10-8-19(35-5)9-11-20)14-18(15-28-16)29-25(31)22-12-17(27(2,3)4)13-23(24(22)36-6)30-38(7,33)34/h8-15,30H,1-7H3,(H,29,31). The van der Waals surface area contributed by atoms with Gasteiger partial charge in [-0.3, -0.25) is 14.5 Å². The number of pyridine rings is 1. The molecule has 2 aromatic carbocycles. The molecule has 0 aliphatic rings. The van der Waals surface area contributed by atoms with Crippen molar-refractivity contribution >= 4 is 33.3 Å². The molecule has 0 bridgehead atoms. The molecule has 10 nitrogen and oxygen atoms in total. The molecule has 0 atom stereocenters. The van der Waals surface area contributed by atoms with Crippen molar-refractivity contribution in [1.82, 2.24) is 4.98 Å². The highest BCUT2D eigenvalue weighted by Gasteiger charge is 2.25. The first kappa shape index (κ1) is 28.5. The number of carbonyl (C=O) groups excluding carboxylic acids is 2. The van der Waals surface area contributed by atoms with E-state index in [4.69, 9.17) is 14.2 Å². The molecule has 1 aromatic heterocycles. The Kier molecular flexibility index (Phi) is 8.31. The maximum Gasteiger partial charge on any atom is 0.345 e. The van der Waals surface area contributed by atoms with Gasteiger partial charge in [0.2, 0.25) is 10.0 Å². The lowest BCUT2D eigenvalue weighted by atomic mass is 9.85. The SMILES string of the molecule is COc1ccc(OC(=O)c2cc(NC(=O)c3cc(C(C)(C)C)cc(NS(C)(=O)=O)c3OC)cnc2C)cc1. The number of hydrogen-bond acceptors (Lipinski definition) is 8. The Balaban J connectivity index is 1.94. The second-order valence-corrected chi connectivity index (χ2v) is 11.4. The van der Waals surface area contributed by atoms with Gasteiger partial charge >= 0.3 is 5.97 Å². The van der Waals surface area contributed by atoms with Crippen LogP contribution in [-0.4, -0.2) is 45.8 Å². The smallest absolute Gasteiger partial charge is 0.345 e. The lowest BCUT2D eigenvalue weighted by Gasteiger charge is -2.23. The fourth-order valence-corrected chi connectivity index (χ4v) is 4.09. The summed E-state index contributed by atoms with van der Waals surface area (Å²) in [7, 11) is -0.773. The molecule has 0 saturated heterocycles. The van der Waals surface area contributed by atoms with Gasteiger partial charge < -0.3 is 19.5 Å². The molecule has 3 aromatic rings. The first-order chi connectivity index (χ1) is 17.7. The second kappa shape index (κ2) is 11.1. The van der Waals surface area contributed by atoms with Crippen molar-refractivity contribution in [2.24, 2.45) is 0 Å². The van der Waals surface area contributed by atoms with Gasteiger partial charge in [0.1, 0.15) is 11.5 Å². The van der Waals surface area contributed by atoms with E-state index >= 15 is 0 Å². The number of ether oxygens (including phenoxy) is 3. The van der Waals surface area contributed by atoms with Crippen LogP contribution >= 0.6 is 0 Å². The number of aryl methyl sites for hydroxylation is 1. The van der Waals surface area contributed by atoms with Crippen LogP contribution in [0.25, 0.3) is 0 Å². The van der Waals surface area contributed by atoms with Gasteiger partial charge in [-0.25, -0.2) is 13.2 Å². The van der Waals surface area contributed by atoms with E-state index in [1.54, 1.807) is 43.3 Å². The molecule has 0 fully saturated rings. The van der Waals surface area contributed by atoms with E-state index in [1.807, 2.05) is 20.8 Å². The average molecular weight is 542 g/mol. The Morgan fingerprint density at radius 1 is 0.921 bits per heavy atom. The molecule has 0 radical (unpaired) electrons. The Bertz CT molecular complexity index is 1460. The van der Waals surface area contributed by atoms with Crippen LogP contribution in [0.15, 0.2) is 48.7 Å². The maximum atomic E-state index is 13.4. The number of aromatic nitrogens is 1. The number of rotatable bonds is 8. The minimum atomic E-state index is -3.65. The van der Waals surface area contributed by atoms with E-state index in [9.17, 15) is 18.0 Å². The molecule has 11 heteroatoms. The van der Waals surface area contributed by atoms with Gasteiger partial charge in [0.25, 0.3) is 5.91 Å². The lowest BCUT2D eigenvalue weighted by molar-refractivity contribution is 0.0733. The number of amides is 1. The summed E-state index contributed by atoms with van der Waals surface area (Å²) in [4.78, 5) is 30.4. The van der Waals surface area contributed by atoms with Gasteiger partial charge in [0.15, 0.2) is 5.75 Å². The fraction of sp³-hybridized carbons (Fsp3) is 0.296. The molecule has 2 N–H and O–H groups in total. The van der Waals surface area contributed by atoms with Gasteiger partial charge in [-0.05, 0) is 60.4 Å². The Hall–Kier alpha value is -4.12. The molecular formula is C27H31N3O7S. The van der Waals surface area contributed by atoms with Crippen LogP contribution in [-0.2, 0) is 15.4 Å². The lowest BCUT2D eigenvalue weighted by Crippen LogP contribution is -2.20. The Labute approximate surface area is 222 Å².